The minimum Gasteiger partial charge on any atom is -0.226 e. The molecule has 0 aromatic heterocycles. The van der Waals surface area contributed by atoms with Crippen LogP contribution < -0.4 is 10.4 Å². The van der Waals surface area contributed by atoms with E-state index in [0.717, 1.165) is 0 Å². The second-order valence-corrected chi connectivity index (χ2v) is 11.3. The van der Waals surface area contributed by atoms with Gasteiger partial charge in [0, 0.05) is 22.6 Å². The third-order valence-corrected chi connectivity index (χ3v) is 8.91. The summed E-state index contributed by atoms with van der Waals surface area (Å²) in [5.74, 6) is -13.7. The van der Waals surface area contributed by atoms with Crippen molar-refractivity contribution >= 4 is 11.4 Å². The van der Waals surface area contributed by atoms with Gasteiger partial charge in [-0.1, -0.05) is 36.4 Å². The fourth-order valence-electron chi connectivity index (χ4n) is 7.06. The number of nitrogens with zero attached hydrogens (tertiary/aromatic N) is 4. The molecule has 2 aliphatic carbocycles. The highest BCUT2D eigenvalue weighted by Gasteiger charge is 2.36. The van der Waals surface area contributed by atoms with E-state index in [1.807, 2.05) is 0 Å². The summed E-state index contributed by atoms with van der Waals surface area (Å²) in [7, 11) is 0. The van der Waals surface area contributed by atoms with Crippen LogP contribution in [-0.2, 0) is 12.8 Å². The molecule has 0 saturated heterocycles. The van der Waals surface area contributed by atoms with E-state index < -0.39 is 69.1 Å². The lowest BCUT2D eigenvalue weighted by Crippen LogP contribution is -2.26. The third-order valence-electron chi connectivity index (χ3n) is 8.91. The topological polar surface area (TPSA) is 56.3 Å². The van der Waals surface area contributed by atoms with E-state index in [1.165, 1.54) is 36.4 Å². The molecule has 50 heavy (non-hydrogen) atoms. The molecule has 0 atom stereocenters. The van der Waals surface area contributed by atoms with Crippen molar-refractivity contribution in [2.45, 2.75) is 12.8 Å². The summed E-state index contributed by atoms with van der Waals surface area (Å²) in [5, 5.41) is 20.1. The lowest BCUT2D eigenvalue weighted by molar-refractivity contribution is 0.458. The molecule has 0 aliphatic heterocycles. The van der Waals surface area contributed by atoms with Gasteiger partial charge in [0.05, 0.1) is 36.4 Å². The third kappa shape index (κ3) is 4.26. The summed E-state index contributed by atoms with van der Waals surface area (Å²) in [4.78, 5) is 6.73. The maximum atomic E-state index is 15.3. The maximum Gasteiger partial charge on any atom is 0.269 e. The molecule has 0 N–H and O–H groups in total. The fourth-order valence-corrected chi connectivity index (χ4v) is 7.06. The van der Waals surface area contributed by atoms with Gasteiger partial charge in [-0.05, 0) is 68.5 Å². The number of fused-ring (bicyclic) bond motifs is 6. The van der Waals surface area contributed by atoms with E-state index in [4.69, 9.17) is 13.1 Å². The van der Waals surface area contributed by atoms with Gasteiger partial charge in [-0.25, -0.2) is 55.3 Å². The van der Waals surface area contributed by atoms with Crippen molar-refractivity contribution in [1.82, 2.24) is 0 Å². The molecule has 0 spiro atoms. The predicted octanol–water partition coefficient (Wildman–Crippen LogP) is 8.38. The Bertz CT molecular complexity index is 2470. The second kappa shape index (κ2) is 11.4. The van der Waals surface area contributed by atoms with E-state index in [0.29, 0.717) is 0 Å². The monoisotopic (exact) mass is 676 g/mol. The zero-order valence-electron chi connectivity index (χ0n) is 24.8. The minimum absolute atomic E-state index is 0.0275. The highest BCUT2D eigenvalue weighted by Crippen LogP contribution is 2.48. The summed E-state index contributed by atoms with van der Waals surface area (Å²) in [6.45, 7) is 15.7. The van der Waals surface area contributed by atoms with Crippen molar-refractivity contribution in [3.05, 3.63) is 151 Å². The van der Waals surface area contributed by atoms with Gasteiger partial charge in [-0.3, -0.25) is 0 Å². The van der Waals surface area contributed by atoms with E-state index in [9.17, 15) is 28.1 Å². The number of benzene rings is 5. The van der Waals surface area contributed by atoms with Gasteiger partial charge in [0.25, 0.3) is 11.4 Å². The first-order valence-corrected chi connectivity index (χ1v) is 14.4. The number of halogens is 8. The minimum atomic E-state index is -1.72. The second-order valence-electron chi connectivity index (χ2n) is 11.3. The van der Waals surface area contributed by atoms with Gasteiger partial charge in [-0.15, -0.1) is 0 Å². The summed E-state index contributed by atoms with van der Waals surface area (Å²) < 4.78 is 119. The SMILES string of the molecule is [C-]#[N+]/C(C#N)=c1/c2c(/c(=C(\C#N)[N+]#[C-])c3c1-c1c(cccc1-c1c(F)c(F)cc(F)c1F)C3)-c1c(cccc1-c1c(F)c(F)cc(F)c1F)C2. The van der Waals surface area contributed by atoms with Crippen LogP contribution in [0, 0.1) is 82.3 Å². The first-order chi connectivity index (χ1) is 24.0. The first-order valence-electron chi connectivity index (χ1n) is 14.4. The molecule has 5 aromatic rings. The smallest absolute Gasteiger partial charge is 0.226 e. The van der Waals surface area contributed by atoms with E-state index in [-0.39, 0.29) is 91.0 Å². The van der Waals surface area contributed by atoms with Crippen molar-refractivity contribution in [3.63, 3.8) is 0 Å². The molecular formula is C38H12F8N4. The van der Waals surface area contributed by atoms with Crippen LogP contribution in [0.3, 0.4) is 0 Å². The molecule has 0 saturated carbocycles. The molecule has 0 fully saturated rings. The molecule has 5 aromatic carbocycles. The van der Waals surface area contributed by atoms with Crippen molar-refractivity contribution in [1.29, 1.82) is 10.5 Å². The number of hydrogen-bond acceptors (Lipinski definition) is 2. The van der Waals surface area contributed by atoms with Crippen LogP contribution in [0.5, 0.6) is 0 Å². The number of rotatable bonds is 2. The lowest BCUT2D eigenvalue weighted by Gasteiger charge is -2.17. The Labute approximate surface area is 277 Å². The molecule has 0 unspecified atom stereocenters. The van der Waals surface area contributed by atoms with Gasteiger partial charge >= 0.3 is 0 Å². The van der Waals surface area contributed by atoms with Gasteiger partial charge in [0.1, 0.15) is 0 Å². The highest BCUT2D eigenvalue weighted by atomic mass is 19.2. The average molecular weight is 677 g/mol. The molecule has 12 heteroatoms. The molecule has 0 radical (unpaired) electrons. The average Bonchev–Trinajstić information content (AvgIpc) is 3.68. The molecule has 0 amide bonds. The van der Waals surface area contributed by atoms with Crippen LogP contribution in [0.1, 0.15) is 22.3 Å². The summed E-state index contributed by atoms with van der Waals surface area (Å²) in [6.07, 6.45) is -0.414. The van der Waals surface area contributed by atoms with Gasteiger partial charge in [0.2, 0.25) is 0 Å². The van der Waals surface area contributed by atoms with Crippen LogP contribution in [0.4, 0.5) is 35.1 Å². The number of nitriles is 2. The molecule has 0 bridgehead atoms. The zero-order valence-corrected chi connectivity index (χ0v) is 24.8. The van der Waals surface area contributed by atoms with Crippen LogP contribution in [0.15, 0.2) is 48.5 Å². The lowest BCUT2D eigenvalue weighted by atomic mass is 9.86. The van der Waals surface area contributed by atoms with Crippen molar-refractivity contribution in [2.24, 2.45) is 0 Å². The molecule has 2 aliphatic rings. The Hall–Kier alpha value is -6.76. The Morgan fingerprint density at radius 3 is 1.16 bits per heavy atom. The standard InChI is InChI=1S/C38H12F8N4/c1-49-25(13-47)29-19-9-15-5-3-8-18(34-37(45)23(41)12-24(42)38(34)46)28(15)32(19)30(26(14-48)50-2)20-10-16-6-4-7-17(27(16)31(20)29)33-35(43)21(39)11-22(40)36(33)44/h3-8,11-12H,9-10H2/b29-25-,30-26+. The van der Waals surface area contributed by atoms with Gasteiger partial charge < -0.3 is 0 Å². The van der Waals surface area contributed by atoms with Crippen LogP contribution >= 0.6 is 0 Å². The molecular weight excluding hydrogens is 664 g/mol. The number of hydrogen-bond donors (Lipinski definition) is 0. The molecule has 0 heterocycles. The fraction of sp³-hybridized carbons (Fsp3) is 0.0526. The highest BCUT2D eigenvalue weighted by molar-refractivity contribution is 6.00. The van der Waals surface area contributed by atoms with Crippen LogP contribution in [0.2, 0.25) is 0 Å². The normalized spacial score (nSPS) is 13.2. The maximum absolute atomic E-state index is 15.3. The molecule has 7 rings (SSSR count). The summed E-state index contributed by atoms with van der Waals surface area (Å²) in [6, 6.07) is 11.7. The van der Waals surface area contributed by atoms with Gasteiger partial charge in [0.15, 0.2) is 46.5 Å². The van der Waals surface area contributed by atoms with Crippen molar-refractivity contribution < 1.29 is 35.1 Å². The first kappa shape index (κ1) is 31.8. The Kier molecular flexibility index (Phi) is 7.28. The Balaban J connectivity index is 1.74. The molecule has 4 nitrogen and oxygen atoms in total. The van der Waals surface area contributed by atoms with E-state index in [2.05, 4.69) is 9.69 Å². The van der Waals surface area contributed by atoms with Crippen molar-refractivity contribution in [2.75, 3.05) is 0 Å². The Morgan fingerprint density at radius 1 is 0.520 bits per heavy atom. The zero-order chi connectivity index (χ0) is 35.8. The quantitative estimate of drug-likeness (QED) is 0.105. The summed E-state index contributed by atoms with van der Waals surface area (Å²) >= 11 is 0. The van der Waals surface area contributed by atoms with Gasteiger partial charge in [-0.2, -0.15) is 0 Å². The van der Waals surface area contributed by atoms with Crippen LogP contribution in [0.25, 0.3) is 65.6 Å². The van der Waals surface area contributed by atoms with E-state index in [1.54, 1.807) is 12.1 Å². The van der Waals surface area contributed by atoms with E-state index >= 15 is 17.6 Å². The summed E-state index contributed by atoms with van der Waals surface area (Å²) in [5.41, 5.74) is -3.44. The largest absolute Gasteiger partial charge is 0.269 e. The van der Waals surface area contributed by atoms with Crippen molar-refractivity contribution in [3.8, 4) is 56.6 Å². The van der Waals surface area contributed by atoms with Crippen LogP contribution in [-0.4, -0.2) is 0 Å². The Morgan fingerprint density at radius 2 is 0.860 bits per heavy atom. The molecule has 240 valence electrons. The predicted molar refractivity (Wildman–Crippen MR) is 164 cm³/mol.